The molecule has 1 saturated heterocycles. The van der Waals surface area contributed by atoms with Crippen LogP contribution in [-0.4, -0.2) is 24.0 Å². The third kappa shape index (κ3) is 3.66. The minimum Gasteiger partial charge on any atom is -0.334 e. The van der Waals surface area contributed by atoms with Crippen molar-refractivity contribution in [3.05, 3.63) is 35.4 Å². The molecule has 0 aliphatic carbocycles. The van der Waals surface area contributed by atoms with E-state index in [2.05, 4.69) is 12.2 Å². The summed E-state index contributed by atoms with van der Waals surface area (Å²) in [7, 11) is 0. The van der Waals surface area contributed by atoms with E-state index in [9.17, 15) is 13.6 Å². The van der Waals surface area contributed by atoms with Gasteiger partial charge in [-0.2, -0.15) is 0 Å². The molecule has 0 spiro atoms. The molecule has 1 aromatic rings. The van der Waals surface area contributed by atoms with Crippen molar-refractivity contribution in [1.29, 1.82) is 0 Å². The number of carbonyl (C=O) groups excluding carboxylic acids is 1. The van der Waals surface area contributed by atoms with Crippen molar-refractivity contribution in [2.75, 3.05) is 13.1 Å². The van der Waals surface area contributed by atoms with Crippen molar-refractivity contribution in [3.63, 3.8) is 0 Å². The molecule has 19 heavy (non-hydrogen) atoms. The molecular formula is C14H18F2N2O. The lowest BCUT2D eigenvalue weighted by Crippen LogP contribution is -2.44. The molecule has 1 unspecified atom stereocenters. The molecule has 104 valence electrons. The number of piperidine rings is 1. The third-order valence-corrected chi connectivity index (χ3v) is 3.37. The lowest BCUT2D eigenvalue weighted by molar-refractivity contribution is 0.169. The van der Waals surface area contributed by atoms with Gasteiger partial charge in [0, 0.05) is 19.6 Å². The van der Waals surface area contributed by atoms with Crippen LogP contribution in [0, 0.1) is 17.6 Å². The summed E-state index contributed by atoms with van der Waals surface area (Å²) in [5.74, 6) is -1.25. The van der Waals surface area contributed by atoms with E-state index in [0.29, 0.717) is 11.5 Å². The Morgan fingerprint density at radius 1 is 1.42 bits per heavy atom. The third-order valence-electron chi connectivity index (χ3n) is 3.37. The fraction of sp³-hybridized carbons (Fsp3) is 0.500. The van der Waals surface area contributed by atoms with Crippen molar-refractivity contribution >= 4 is 6.03 Å². The van der Waals surface area contributed by atoms with E-state index in [4.69, 9.17) is 0 Å². The largest absolute Gasteiger partial charge is 0.334 e. The summed E-state index contributed by atoms with van der Waals surface area (Å²) in [4.78, 5) is 13.7. The molecule has 1 atom stereocenters. The lowest BCUT2D eigenvalue weighted by Gasteiger charge is -2.30. The van der Waals surface area contributed by atoms with Crippen LogP contribution in [0.15, 0.2) is 18.2 Å². The van der Waals surface area contributed by atoms with Gasteiger partial charge in [-0.3, -0.25) is 0 Å². The smallest absolute Gasteiger partial charge is 0.317 e. The number of rotatable bonds is 2. The van der Waals surface area contributed by atoms with Crippen molar-refractivity contribution in [2.24, 2.45) is 5.92 Å². The number of nitrogens with zero attached hydrogens (tertiary/aromatic N) is 1. The predicted molar refractivity (Wildman–Crippen MR) is 68.6 cm³/mol. The van der Waals surface area contributed by atoms with E-state index in [1.807, 2.05) is 0 Å². The quantitative estimate of drug-likeness (QED) is 0.878. The minimum absolute atomic E-state index is 0.142. The molecule has 1 fully saturated rings. The zero-order valence-corrected chi connectivity index (χ0v) is 11.0. The number of amides is 2. The Hall–Kier alpha value is -1.65. The van der Waals surface area contributed by atoms with Crippen LogP contribution < -0.4 is 5.32 Å². The van der Waals surface area contributed by atoms with Crippen molar-refractivity contribution < 1.29 is 13.6 Å². The molecule has 5 heteroatoms. The van der Waals surface area contributed by atoms with Crippen molar-refractivity contribution in [1.82, 2.24) is 10.2 Å². The van der Waals surface area contributed by atoms with E-state index < -0.39 is 11.6 Å². The van der Waals surface area contributed by atoms with Crippen LogP contribution in [0.1, 0.15) is 25.3 Å². The molecule has 1 N–H and O–H groups in total. The van der Waals surface area contributed by atoms with E-state index in [1.54, 1.807) is 4.90 Å². The monoisotopic (exact) mass is 268 g/mol. The number of halogens is 2. The van der Waals surface area contributed by atoms with E-state index in [0.717, 1.165) is 38.1 Å². The van der Waals surface area contributed by atoms with E-state index in [1.165, 1.54) is 6.07 Å². The Labute approximate surface area is 111 Å². The lowest BCUT2D eigenvalue weighted by atomic mass is 10.0. The Kier molecular flexibility index (Phi) is 4.35. The topological polar surface area (TPSA) is 32.3 Å². The molecule has 1 aliphatic rings. The molecular weight excluding hydrogens is 250 g/mol. The maximum Gasteiger partial charge on any atom is 0.317 e. The predicted octanol–water partition coefficient (Wildman–Crippen LogP) is 2.91. The molecule has 0 aromatic heterocycles. The van der Waals surface area contributed by atoms with Crippen LogP contribution in [0.3, 0.4) is 0 Å². The van der Waals surface area contributed by atoms with Gasteiger partial charge in [-0.1, -0.05) is 13.0 Å². The van der Waals surface area contributed by atoms with Crippen LogP contribution in [-0.2, 0) is 6.54 Å². The average molecular weight is 268 g/mol. The maximum absolute atomic E-state index is 13.0. The fourth-order valence-corrected chi connectivity index (χ4v) is 2.31. The van der Waals surface area contributed by atoms with E-state index >= 15 is 0 Å². The first-order valence-electron chi connectivity index (χ1n) is 6.53. The summed E-state index contributed by atoms with van der Waals surface area (Å²) < 4.78 is 25.8. The van der Waals surface area contributed by atoms with Gasteiger partial charge in [0.25, 0.3) is 0 Å². The van der Waals surface area contributed by atoms with Crippen molar-refractivity contribution in [3.8, 4) is 0 Å². The molecule has 3 nitrogen and oxygen atoms in total. The minimum atomic E-state index is -0.890. The highest BCUT2D eigenvalue weighted by molar-refractivity contribution is 5.74. The second-order valence-electron chi connectivity index (χ2n) is 5.10. The van der Waals surface area contributed by atoms with Gasteiger partial charge in [-0.15, -0.1) is 0 Å². The summed E-state index contributed by atoms with van der Waals surface area (Å²) in [6.07, 6.45) is 2.16. The highest BCUT2D eigenvalue weighted by Gasteiger charge is 2.20. The Morgan fingerprint density at radius 2 is 2.21 bits per heavy atom. The van der Waals surface area contributed by atoms with Gasteiger partial charge in [0.1, 0.15) is 0 Å². The van der Waals surface area contributed by atoms with Gasteiger partial charge in [0.15, 0.2) is 11.6 Å². The van der Waals surface area contributed by atoms with Gasteiger partial charge >= 0.3 is 6.03 Å². The molecule has 1 aliphatic heterocycles. The molecule has 2 rings (SSSR count). The molecule has 0 saturated carbocycles. The highest BCUT2D eigenvalue weighted by atomic mass is 19.2. The maximum atomic E-state index is 13.0. The summed E-state index contributed by atoms with van der Waals surface area (Å²) in [5, 5.41) is 2.73. The number of nitrogens with one attached hydrogen (secondary N) is 1. The summed E-state index contributed by atoms with van der Waals surface area (Å²) in [6.45, 7) is 3.84. The first-order chi connectivity index (χ1) is 9.06. The molecule has 2 amide bonds. The number of hydrogen-bond donors (Lipinski definition) is 1. The Bertz CT molecular complexity index is 465. The summed E-state index contributed by atoms with van der Waals surface area (Å²) >= 11 is 0. The average Bonchev–Trinajstić information content (AvgIpc) is 2.40. The van der Waals surface area contributed by atoms with Crippen molar-refractivity contribution in [2.45, 2.75) is 26.3 Å². The molecule has 1 heterocycles. The normalized spacial score (nSPS) is 19.3. The van der Waals surface area contributed by atoms with Crippen LogP contribution in [0.4, 0.5) is 13.6 Å². The molecule has 0 bridgehead atoms. The van der Waals surface area contributed by atoms with Crippen LogP contribution in [0.5, 0.6) is 0 Å². The Morgan fingerprint density at radius 3 is 2.89 bits per heavy atom. The Balaban J connectivity index is 1.87. The molecule has 0 radical (unpaired) electrons. The van der Waals surface area contributed by atoms with Gasteiger partial charge < -0.3 is 10.2 Å². The molecule has 1 aromatic carbocycles. The van der Waals surface area contributed by atoms with Gasteiger partial charge in [-0.05, 0) is 36.5 Å². The van der Waals surface area contributed by atoms with Crippen LogP contribution in [0.2, 0.25) is 0 Å². The van der Waals surface area contributed by atoms with Gasteiger partial charge in [0.2, 0.25) is 0 Å². The SMILES string of the molecule is CC1CCCN(C(=O)NCc2ccc(F)c(F)c2)C1. The summed E-state index contributed by atoms with van der Waals surface area (Å²) in [6, 6.07) is 3.50. The number of urea groups is 1. The number of benzene rings is 1. The second-order valence-corrected chi connectivity index (χ2v) is 5.10. The van der Waals surface area contributed by atoms with Crippen LogP contribution in [0.25, 0.3) is 0 Å². The van der Waals surface area contributed by atoms with Gasteiger partial charge in [0.05, 0.1) is 0 Å². The van der Waals surface area contributed by atoms with E-state index in [-0.39, 0.29) is 12.6 Å². The van der Waals surface area contributed by atoms with Crippen LogP contribution >= 0.6 is 0 Å². The number of carbonyl (C=O) groups is 1. The van der Waals surface area contributed by atoms with Gasteiger partial charge in [-0.25, -0.2) is 13.6 Å². The summed E-state index contributed by atoms with van der Waals surface area (Å²) in [5.41, 5.74) is 0.553. The first kappa shape index (κ1) is 13.8. The highest BCUT2D eigenvalue weighted by Crippen LogP contribution is 2.15. The number of hydrogen-bond acceptors (Lipinski definition) is 1. The zero-order valence-electron chi connectivity index (χ0n) is 11.0. The first-order valence-corrected chi connectivity index (χ1v) is 6.53. The standard InChI is InChI=1S/C14H18F2N2O/c1-10-3-2-6-18(9-10)14(19)17-8-11-4-5-12(15)13(16)7-11/h4-5,7,10H,2-3,6,8-9H2,1H3,(H,17,19). The fourth-order valence-electron chi connectivity index (χ4n) is 2.31. The second kappa shape index (κ2) is 5.99. The zero-order chi connectivity index (χ0) is 13.8. The number of likely N-dealkylation sites (tertiary alicyclic amines) is 1.